The normalized spacial score (nSPS) is 12.4. The van der Waals surface area contributed by atoms with Gasteiger partial charge >= 0.3 is 0 Å². The fourth-order valence-electron chi connectivity index (χ4n) is 9.66. The van der Waals surface area contributed by atoms with Gasteiger partial charge in [-0.15, -0.1) is 0 Å². The van der Waals surface area contributed by atoms with Crippen LogP contribution in [0.25, 0.3) is 109 Å². The van der Waals surface area contributed by atoms with Crippen LogP contribution >= 0.6 is 0 Å². The topological polar surface area (TPSA) is 0 Å². The number of rotatable bonds is 3. The summed E-state index contributed by atoms with van der Waals surface area (Å²) in [5.41, 5.74) is 8.97. The van der Waals surface area contributed by atoms with Crippen molar-refractivity contribution in [3.8, 4) is 33.4 Å². The molecule has 0 aliphatic heterocycles. The smallest absolute Gasteiger partial charge is 0.00204 e. The van der Waals surface area contributed by atoms with Crippen molar-refractivity contribution in [2.24, 2.45) is 0 Å². The minimum atomic E-state index is -0.0761. The molecule has 0 amide bonds. The van der Waals surface area contributed by atoms with E-state index in [9.17, 15) is 0 Å². The highest BCUT2D eigenvalue weighted by Crippen LogP contribution is 2.48. The molecule has 0 nitrogen and oxygen atoms in total. The zero-order chi connectivity index (χ0) is 36.1. The Labute approximate surface area is 315 Å². The third-order valence-electron chi connectivity index (χ3n) is 11.9. The van der Waals surface area contributed by atoms with Gasteiger partial charge in [-0.05, 0) is 132 Å². The molecule has 11 aromatic rings. The van der Waals surface area contributed by atoms with E-state index in [1.54, 1.807) is 0 Å². The van der Waals surface area contributed by atoms with Gasteiger partial charge in [0, 0.05) is 0 Å². The van der Waals surface area contributed by atoms with E-state index in [4.69, 9.17) is 0 Å². The quantitative estimate of drug-likeness (QED) is 0.128. The second kappa shape index (κ2) is 11.5. The Bertz CT molecular complexity index is 3290. The van der Waals surface area contributed by atoms with Gasteiger partial charge in [-0.1, -0.05) is 185 Å². The van der Waals surface area contributed by atoms with Crippen LogP contribution < -0.4 is 0 Å². The third kappa shape index (κ3) is 4.50. The molecule has 254 valence electrons. The first-order valence-electron chi connectivity index (χ1n) is 19.1. The SMILES string of the molecule is CC(C)(C)c1c2ccccc2c(-c2cccc3ccccc23)c2ccc(-c3ccc(-c4cc5cccc6ccc7cccc4c7c65)c4ccccc34)cc12. The van der Waals surface area contributed by atoms with Crippen LogP contribution in [0.1, 0.15) is 26.3 Å². The Morgan fingerprint density at radius 1 is 0.296 bits per heavy atom. The van der Waals surface area contributed by atoms with Crippen molar-refractivity contribution in [2.75, 3.05) is 0 Å². The summed E-state index contributed by atoms with van der Waals surface area (Å²) < 4.78 is 0. The van der Waals surface area contributed by atoms with Crippen molar-refractivity contribution in [2.45, 2.75) is 26.2 Å². The van der Waals surface area contributed by atoms with Crippen LogP contribution in [0.4, 0.5) is 0 Å². The first-order valence-corrected chi connectivity index (χ1v) is 19.1. The molecular formula is C54H38. The summed E-state index contributed by atoms with van der Waals surface area (Å²) >= 11 is 0. The Kier molecular flexibility index (Phi) is 6.61. The van der Waals surface area contributed by atoms with E-state index in [2.05, 4.69) is 197 Å². The van der Waals surface area contributed by atoms with Crippen molar-refractivity contribution in [3.05, 3.63) is 181 Å². The number of hydrogen-bond acceptors (Lipinski definition) is 0. The molecule has 0 bridgehead atoms. The van der Waals surface area contributed by atoms with Gasteiger partial charge in [0.1, 0.15) is 0 Å². The summed E-state index contributed by atoms with van der Waals surface area (Å²) in [4.78, 5) is 0. The molecular weight excluding hydrogens is 649 g/mol. The zero-order valence-corrected chi connectivity index (χ0v) is 30.7. The largest absolute Gasteiger partial charge is 0.0616 e. The molecule has 54 heavy (non-hydrogen) atoms. The van der Waals surface area contributed by atoms with Gasteiger partial charge in [-0.2, -0.15) is 0 Å². The summed E-state index contributed by atoms with van der Waals surface area (Å²) in [5, 5.41) is 18.2. The molecule has 0 heteroatoms. The molecule has 0 fully saturated rings. The number of benzene rings is 11. The van der Waals surface area contributed by atoms with Crippen LogP contribution in [0.15, 0.2) is 176 Å². The molecule has 0 unspecified atom stereocenters. The van der Waals surface area contributed by atoms with Crippen molar-refractivity contribution >= 4 is 75.4 Å². The van der Waals surface area contributed by atoms with Crippen LogP contribution in [0.2, 0.25) is 0 Å². The van der Waals surface area contributed by atoms with Gasteiger partial charge in [-0.25, -0.2) is 0 Å². The molecule has 11 aromatic carbocycles. The molecule has 0 N–H and O–H groups in total. The fraction of sp³-hybridized carbons (Fsp3) is 0.0741. The lowest BCUT2D eigenvalue weighted by Crippen LogP contribution is -2.13. The van der Waals surface area contributed by atoms with E-state index >= 15 is 0 Å². The lowest BCUT2D eigenvalue weighted by Gasteiger charge is -2.27. The van der Waals surface area contributed by atoms with Gasteiger partial charge in [0.25, 0.3) is 0 Å². The lowest BCUT2D eigenvalue weighted by molar-refractivity contribution is 0.601. The zero-order valence-electron chi connectivity index (χ0n) is 30.7. The van der Waals surface area contributed by atoms with E-state index in [-0.39, 0.29) is 5.41 Å². The Morgan fingerprint density at radius 3 is 1.65 bits per heavy atom. The average Bonchev–Trinajstić information content (AvgIpc) is 3.20. The van der Waals surface area contributed by atoms with E-state index in [1.165, 1.54) is 114 Å². The fourth-order valence-corrected chi connectivity index (χ4v) is 9.66. The molecule has 0 atom stereocenters. The lowest BCUT2D eigenvalue weighted by atomic mass is 9.77. The Balaban J connectivity index is 1.19. The molecule has 11 rings (SSSR count). The van der Waals surface area contributed by atoms with E-state index in [1.807, 2.05) is 0 Å². The Hall–Kier alpha value is -6.50. The van der Waals surface area contributed by atoms with Crippen molar-refractivity contribution in [3.63, 3.8) is 0 Å². The van der Waals surface area contributed by atoms with Crippen LogP contribution in [-0.4, -0.2) is 0 Å². The van der Waals surface area contributed by atoms with E-state index in [0.29, 0.717) is 0 Å². The van der Waals surface area contributed by atoms with Crippen molar-refractivity contribution in [1.29, 1.82) is 0 Å². The third-order valence-corrected chi connectivity index (χ3v) is 11.9. The molecule has 0 saturated carbocycles. The van der Waals surface area contributed by atoms with E-state index in [0.717, 1.165) is 0 Å². The second-order valence-corrected chi connectivity index (χ2v) is 16.0. The minimum Gasteiger partial charge on any atom is -0.0616 e. The molecule has 0 aromatic heterocycles. The standard InChI is InChI=1S/C54H38/c1-54(2,3)53-47-22-9-8-21-44(47)52(43-23-11-14-33-13-4-5-18-38(33)43)46-28-27-36(31-49(46)53)39-29-30-42(41-20-7-6-19-40(39)41)48-32-37-17-10-15-34-25-26-35-16-12-24-45(48)51(35)50(34)37/h4-32H,1-3H3. The highest BCUT2D eigenvalue weighted by molar-refractivity contribution is 6.27. The van der Waals surface area contributed by atoms with Gasteiger partial charge in [0.15, 0.2) is 0 Å². The first-order chi connectivity index (χ1) is 26.4. The van der Waals surface area contributed by atoms with Crippen LogP contribution in [-0.2, 0) is 5.41 Å². The van der Waals surface area contributed by atoms with E-state index < -0.39 is 0 Å². The van der Waals surface area contributed by atoms with Crippen LogP contribution in [0, 0.1) is 0 Å². The highest BCUT2D eigenvalue weighted by Gasteiger charge is 2.25. The summed E-state index contributed by atoms with van der Waals surface area (Å²) in [6.07, 6.45) is 0. The van der Waals surface area contributed by atoms with Crippen molar-refractivity contribution < 1.29 is 0 Å². The molecule has 0 heterocycles. The molecule has 0 spiro atoms. The number of fused-ring (bicyclic) bond motifs is 4. The van der Waals surface area contributed by atoms with Gasteiger partial charge in [-0.3, -0.25) is 0 Å². The predicted molar refractivity (Wildman–Crippen MR) is 235 cm³/mol. The molecule has 0 radical (unpaired) electrons. The number of hydrogen-bond donors (Lipinski definition) is 0. The van der Waals surface area contributed by atoms with Gasteiger partial charge in [0.2, 0.25) is 0 Å². The average molecular weight is 687 g/mol. The monoisotopic (exact) mass is 686 g/mol. The summed E-state index contributed by atoms with van der Waals surface area (Å²) in [7, 11) is 0. The summed E-state index contributed by atoms with van der Waals surface area (Å²) in [6.45, 7) is 7.08. The predicted octanol–water partition coefficient (Wildman–Crippen LogP) is 15.5. The van der Waals surface area contributed by atoms with Gasteiger partial charge in [0.05, 0.1) is 0 Å². The molecule has 0 saturated heterocycles. The van der Waals surface area contributed by atoms with Gasteiger partial charge < -0.3 is 0 Å². The van der Waals surface area contributed by atoms with Crippen LogP contribution in [0.5, 0.6) is 0 Å². The van der Waals surface area contributed by atoms with Crippen LogP contribution in [0.3, 0.4) is 0 Å². The summed E-state index contributed by atoms with van der Waals surface area (Å²) in [6, 6.07) is 66.0. The minimum absolute atomic E-state index is 0.0761. The maximum Gasteiger partial charge on any atom is -0.00204 e. The van der Waals surface area contributed by atoms with Crippen molar-refractivity contribution in [1.82, 2.24) is 0 Å². The second-order valence-electron chi connectivity index (χ2n) is 16.0. The highest BCUT2D eigenvalue weighted by atomic mass is 14.3. The maximum atomic E-state index is 2.48. The maximum absolute atomic E-state index is 2.48. The summed E-state index contributed by atoms with van der Waals surface area (Å²) in [5.74, 6) is 0. The molecule has 0 aliphatic carbocycles. The first kappa shape index (κ1) is 31.1. The molecule has 0 aliphatic rings. The Morgan fingerprint density at radius 2 is 0.852 bits per heavy atom.